The van der Waals surface area contributed by atoms with Crippen LogP contribution in [0.15, 0.2) is 152 Å². The van der Waals surface area contributed by atoms with Crippen molar-refractivity contribution in [3.63, 3.8) is 0 Å². The summed E-state index contributed by atoms with van der Waals surface area (Å²) in [6.07, 6.45) is 3.60. The van der Waals surface area contributed by atoms with Crippen LogP contribution in [0.1, 0.15) is 60.4 Å². The van der Waals surface area contributed by atoms with Crippen molar-refractivity contribution in [2.24, 2.45) is 0 Å². The molecule has 49 heavy (non-hydrogen) atoms. The van der Waals surface area contributed by atoms with E-state index in [1.54, 1.807) is 0 Å². The standard InChI is InChI=1S/C49H38/c1-49(2)44-23-10-9-16-36(44)43-30-29-35(38-22-12-24-45(49)48(38)43)32-25-27-33(28-26-32)46-39-17-5-7-19-41(39)47(42-20-8-6-18-40(42)46)37-21-11-14-31-13-3-4-15-34(31)37/h3-10,12-13,15-20,22-30,37H,11,14,21H2,1-2H3. The first-order valence-electron chi connectivity index (χ1n) is 17.9. The van der Waals surface area contributed by atoms with Gasteiger partial charge in [-0.3, -0.25) is 0 Å². The molecule has 1 unspecified atom stereocenters. The lowest BCUT2D eigenvalue weighted by atomic mass is 9.68. The Hall–Kier alpha value is -5.46. The molecular formula is C49H38. The second kappa shape index (κ2) is 10.8. The Bertz CT molecular complexity index is 2540. The fourth-order valence-corrected chi connectivity index (χ4v) is 9.53. The normalized spacial score (nSPS) is 16.1. The van der Waals surface area contributed by atoms with E-state index in [4.69, 9.17) is 0 Å². The zero-order valence-electron chi connectivity index (χ0n) is 28.1. The van der Waals surface area contributed by atoms with Gasteiger partial charge in [0.25, 0.3) is 0 Å². The monoisotopic (exact) mass is 626 g/mol. The summed E-state index contributed by atoms with van der Waals surface area (Å²) in [4.78, 5) is 0. The van der Waals surface area contributed by atoms with Gasteiger partial charge >= 0.3 is 0 Å². The van der Waals surface area contributed by atoms with Gasteiger partial charge in [0.2, 0.25) is 0 Å². The summed E-state index contributed by atoms with van der Waals surface area (Å²) in [5.41, 5.74) is 15.1. The average Bonchev–Trinajstić information content (AvgIpc) is 3.16. The summed E-state index contributed by atoms with van der Waals surface area (Å²) >= 11 is 0. The van der Waals surface area contributed by atoms with Crippen molar-refractivity contribution >= 4 is 32.3 Å². The predicted molar refractivity (Wildman–Crippen MR) is 209 cm³/mol. The van der Waals surface area contributed by atoms with Crippen LogP contribution in [0.5, 0.6) is 0 Å². The Balaban J connectivity index is 1.15. The smallest absolute Gasteiger partial charge is 0.0159 e. The molecule has 2 aliphatic rings. The van der Waals surface area contributed by atoms with E-state index in [9.17, 15) is 0 Å². The van der Waals surface area contributed by atoms with Gasteiger partial charge in [0.15, 0.2) is 0 Å². The Morgan fingerprint density at radius 3 is 1.84 bits per heavy atom. The lowest BCUT2D eigenvalue weighted by molar-refractivity contribution is 0.621. The first kappa shape index (κ1) is 28.5. The molecule has 8 aromatic carbocycles. The van der Waals surface area contributed by atoms with Crippen LogP contribution in [-0.4, -0.2) is 0 Å². The SMILES string of the molecule is CC1(C)c2ccccc2-c2ccc(-c3ccc(-c4c5ccccc5c(C5CCCc6ccccc65)c5ccccc45)cc3)c3cccc1c23. The van der Waals surface area contributed by atoms with Gasteiger partial charge in [-0.2, -0.15) is 0 Å². The number of benzene rings is 8. The quantitative estimate of drug-likeness (QED) is 0.171. The second-order valence-corrected chi connectivity index (χ2v) is 14.7. The van der Waals surface area contributed by atoms with Gasteiger partial charge < -0.3 is 0 Å². The summed E-state index contributed by atoms with van der Waals surface area (Å²) in [5.74, 6) is 0.404. The summed E-state index contributed by atoms with van der Waals surface area (Å²) in [7, 11) is 0. The van der Waals surface area contributed by atoms with Crippen molar-refractivity contribution in [2.75, 3.05) is 0 Å². The molecule has 0 nitrogen and oxygen atoms in total. The van der Waals surface area contributed by atoms with E-state index < -0.39 is 0 Å². The van der Waals surface area contributed by atoms with Crippen LogP contribution in [0.25, 0.3) is 65.7 Å². The molecular weight excluding hydrogens is 589 g/mol. The average molecular weight is 627 g/mol. The Morgan fingerprint density at radius 1 is 0.469 bits per heavy atom. The molecule has 1 atom stereocenters. The molecule has 0 spiro atoms. The van der Waals surface area contributed by atoms with Crippen molar-refractivity contribution in [2.45, 2.75) is 44.4 Å². The van der Waals surface area contributed by atoms with Crippen molar-refractivity contribution in [3.8, 4) is 33.4 Å². The molecule has 0 radical (unpaired) electrons. The molecule has 0 heteroatoms. The van der Waals surface area contributed by atoms with E-state index in [0.717, 1.165) is 0 Å². The van der Waals surface area contributed by atoms with Crippen molar-refractivity contribution in [1.82, 2.24) is 0 Å². The topological polar surface area (TPSA) is 0 Å². The Labute approximate surface area is 288 Å². The molecule has 0 N–H and O–H groups in total. The maximum Gasteiger partial charge on any atom is 0.0159 e. The fourth-order valence-electron chi connectivity index (χ4n) is 9.53. The van der Waals surface area contributed by atoms with E-state index in [-0.39, 0.29) is 5.41 Å². The lowest BCUT2D eigenvalue weighted by Gasteiger charge is -2.35. The van der Waals surface area contributed by atoms with E-state index >= 15 is 0 Å². The summed E-state index contributed by atoms with van der Waals surface area (Å²) < 4.78 is 0. The Kier molecular flexibility index (Phi) is 6.28. The van der Waals surface area contributed by atoms with Crippen molar-refractivity contribution in [1.29, 1.82) is 0 Å². The molecule has 0 fully saturated rings. The third-order valence-corrected chi connectivity index (χ3v) is 11.8. The number of hydrogen-bond donors (Lipinski definition) is 0. The van der Waals surface area contributed by atoms with E-state index in [1.165, 1.54) is 113 Å². The first-order chi connectivity index (χ1) is 24.1. The van der Waals surface area contributed by atoms with E-state index in [1.807, 2.05) is 0 Å². The highest BCUT2D eigenvalue weighted by molar-refractivity contribution is 6.16. The van der Waals surface area contributed by atoms with Crippen LogP contribution in [0.4, 0.5) is 0 Å². The van der Waals surface area contributed by atoms with Crippen molar-refractivity contribution in [3.05, 3.63) is 179 Å². The van der Waals surface area contributed by atoms with E-state index in [0.29, 0.717) is 5.92 Å². The van der Waals surface area contributed by atoms with Gasteiger partial charge in [0.1, 0.15) is 0 Å². The molecule has 0 heterocycles. The van der Waals surface area contributed by atoms with E-state index in [2.05, 4.69) is 166 Å². The zero-order valence-corrected chi connectivity index (χ0v) is 28.1. The van der Waals surface area contributed by atoms with Crippen LogP contribution in [0.2, 0.25) is 0 Å². The van der Waals surface area contributed by atoms with Gasteiger partial charge in [-0.15, -0.1) is 0 Å². The molecule has 10 rings (SSSR count). The van der Waals surface area contributed by atoms with Gasteiger partial charge in [-0.1, -0.05) is 166 Å². The Morgan fingerprint density at radius 2 is 1.06 bits per heavy atom. The first-order valence-corrected chi connectivity index (χ1v) is 17.9. The van der Waals surface area contributed by atoms with Gasteiger partial charge in [-0.05, 0) is 113 Å². The summed E-state index contributed by atoms with van der Waals surface area (Å²) in [5, 5.41) is 8.17. The number of rotatable bonds is 3. The van der Waals surface area contributed by atoms with Crippen molar-refractivity contribution < 1.29 is 0 Å². The van der Waals surface area contributed by atoms with Gasteiger partial charge in [-0.25, -0.2) is 0 Å². The molecule has 0 aliphatic heterocycles. The highest BCUT2D eigenvalue weighted by atomic mass is 14.4. The molecule has 0 saturated carbocycles. The highest BCUT2D eigenvalue weighted by Gasteiger charge is 2.33. The highest BCUT2D eigenvalue weighted by Crippen LogP contribution is 2.51. The maximum absolute atomic E-state index is 2.37. The fraction of sp³-hybridized carbons (Fsp3) is 0.143. The second-order valence-electron chi connectivity index (χ2n) is 14.7. The molecule has 234 valence electrons. The lowest BCUT2D eigenvalue weighted by Crippen LogP contribution is -2.23. The minimum Gasteiger partial charge on any atom is -0.0620 e. The van der Waals surface area contributed by atoms with Gasteiger partial charge in [0, 0.05) is 11.3 Å². The van der Waals surface area contributed by atoms with Crippen LogP contribution in [0, 0.1) is 0 Å². The predicted octanol–water partition coefficient (Wildman–Crippen LogP) is 13.3. The van der Waals surface area contributed by atoms with Crippen LogP contribution >= 0.6 is 0 Å². The minimum atomic E-state index is -0.0560. The third kappa shape index (κ3) is 4.17. The third-order valence-electron chi connectivity index (χ3n) is 11.8. The number of fused-ring (bicyclic) bond motifs is 5. The van der Waals surface area contributed by atoms with Crippen LogP contribution in [-0.2, 0) is 11.8 Å². The summed E-state index contributed by atoms with van der Waals surface area (Å²) in [6.45, 7) is 4.75. The molecule has 2 aliphatic carbocycles. The molecule has 0 saturated heterocycles. The van der Waals surface area contributed by atoms with Gasteiger partial charge in [0.05, 0.1) is 0 Å². The molecule has 0 bridgehead atoms. The summed E-state index contributed by atoms with van der Waals surface area (Å²) in [6, 6.07) is 57.4. The maximum atomic E-state index is 2.37. The largest absolute Gasteiger partial charge is 0.0620 e. The molecule has 0 aromatic heterocycles. The minimum absolute atomic E-state index is 0.0560. The number of hydrogen-bond acceptors (Lipinski definition) is 0. The zero-order chi connectivity index (χ0) is 32.7. The van der Waals surface area contributed by atoms with Crippen LogP contribution < -0.4 is 0 Å². The van der Waals surface area contributed by atoms with Crippen LogP contribution in [0.3, 0.4) is 0 Å². The molecule has 8 aromatic rings. The molecule has 0 amide bonds. The number of aryl methyl sites for hydroxylation is 1.